The first kappa shape index (κ1) is 18.5. The summed E-state index contributed by atoms with van der Waals surface area (Å²) < 4.78 is 40.2. The van der Waals surface area contributed by atoms with Crippen molar-refractivity contribution in [3.05, 3.63) is 77.0 Å². The quantitative estimate of drug-likeness (QED) is 0.456. The van der Waals surface area contributed by atoms with E-state index >= 15 is 0 Å². The normalized spacial score (nSPS) is 12.1. The van der Waals surface area contributed by atoms with Gasteiger partial charge in [-0.15, -0.1) is 10.2 Å². The molecule has 0 radical (unpaired) electrons. The largest absolute Gasteiger partial charge is 0.360 e. The highest BCUT2D eigenvalue weighted by Gasteiger charge is 2.31. The Morgan fingerprint density at radius 2 is 1.50 bits per heavy atom. The Hall–Kier alpha value is -2.28. The fourth-order valence-electron chi connectivity index (χ4n) is 3.14. The van der Waals surface area contributed by atoms with Crippen LogP contribution in [-0.4, -0.2) is 0 Å². The molecule has 0 spiro atoms. The maximum absolute atomic E-state index is 8.49. The van der Waals surface area contributed by atoms with Gasteiger partial charge in [0.1, 0.15) is 0 Å². The van der Waals surface area contributed by atoms with Gasteiger partial charge >= 0.3 is 11.5 Å². The molecule has 0 unspecified atom stereocenters. The minimum atomic E-state index is -4.94. The highest BCUT2D eigenvalue weighted by molar-refractivity contribution is 5.78. The van der Waals surface area contributed by atoms with Crippen LogP contribution in [0.3, 0.4) is 0 Å². The van der Waals surface area contributed by atoms with Crippen LogP contribution < -0.4 is 18.6 Å². The Kier molecular flexibility index (Phi) is 5.09. The number of aryl methyl sites for hydroxylation is 2. The molecule has 5 nitrogen and oxygen atoms in total. The van der Waals surface area contributed by atoms with E-state index in [0.717, 1.165) is 23.5 Å². The average Bonchev–Trinajstić information content (AvgIpc) is 2.92. The number of hydrogen-bond donors (Lipinski definition) is 0. The van der Waals surface area contributed by atoms with Crippen LogP contribution in [-0.2, 0) is 6.42 Å². The lowest BCUT2D eigenvalue weighted by molar-refractivity contribution is -2.00. The Morgan fingerprint density at radius 3 is 2.15 bits per heavy atom. The van der Waals surface area contributed by atoms with Gasteiger partial charge in [0.15, 0.2) is 0 Å². The molecule has 3 aromatic rings. The molecule has 0 saturated heterocycles. The van der Waals surface area contributed by atoms with Gasteiger partial charge in [-0.1, -0.05) is 42.0 Å². The Morgan fingerprint density at radius 1 is 0.885 bits per heavy atom. The maximum atomic E-state index is 8.49. The minimum Gasteiger partial charge on any atom is -0.222 e. The van der Waals surface area contributed by atoms with E-state index in [1.54, 1.807) is 0 Å². The lowest BCUT2D eigenvalue weighted by atomic mass is 10.0. The molecule has 0 amide bonds. The molecule has 1 aliphatic carbocycles. The lowest BCUT2D eigenvalue weighted by Gasteiger charge is -2.17. The molecule has 26 heavy (non-hydrogen) atoms. The van der Waals surface area contributed by atoms with Gasteiger partial charge in [0.2, 0.25) is 0 Å². The summed E-state index contributed by atoms with van der Waals surface area (Å²) in [4.78, 5) is 0. The fourth-order valence-corrected chi connectivity index (χ4v) is 3.14. The van der Waals surface area contributed by atoms with Crippen LogP contribution in [0.25, 0.3) is 22.5 Å². The van der Waals surface area contributed by atoms with E-state index in [4.69, 9.17) is 23.1 Å². The third-order valence-electron chi connectivity index (χ3n) is 4.23. The summed E-state index contributed by atoms with van der Waals surface area (Å²) in [5.74, 6) is 2.05. The summed E-state index contributed by atoms with van der Waals surface area (Å²) in [7, 11) is -4.94. The highest BCUT2D eigenvalue weighted by atomic mass is 35.7. The van der Waals surface area contributed by atoms with Gasteiger partial charge < -0.3 is 0 Å². The summed E-state index contributed by atoms with van der Waals surface area (Å²) >= 11 is 0. The molecule has 2 aromatic carbocycles. The molecule has 1 aromatic heterocycles. The molecule has 0 fully saturated rings. The standard InChI is InChI=1S/C20H17O.ClHO4/c1-13-7-9-15(10-8-13)18-11-14(2)20-17-6-4-3-5-16(17)12-19(20)21-18;2-1(3,4)5/h3-11H,12H2,1-2H3;(H,2,3,4,5)/q+1;/p-1. The highest BCUT2D eigenvalue weighted by Crippen LogP contribution is 2.40. The first-order valence-electron chi connectivity index (χ1n) is 7.96. The first-order chi connectivity index (χ1) is 12.2. The molecule has 1 heterocycles. The molecular weight excluding hydrogens is 356 g/mol. The Labute approximate surface area is 153 Å². The van der Waals surface area contributed by atoms with Gasteiger partial charge in [0.05, 0.1) is 17.5 Å². The van der Waals surface area contributed by atoms with Crippen molar-refractivity contribution in [1.82, 2.24) is 0 Å². The molecule has 0 bridgehead atoms. The number of hydrogen-bond acceptors (Lipinski definition) is 4. The van der Waals surface area contributed by atoms with Crippen LogP contribution in [0.4, 0.5) is 0 Å². The monoisotopic (exact) mass is 372 g/mol. The second-order valence-electron chi connectivity index (χ2n) is 6.17. The molecule has 0 N–H and O–H groups in total. The number of halogens is 1. The fraction of sp³-hybridized carbons (Fsp3) is 0.150. The lowest BCUT2D eigenvalue weighted by Crippen LogP contribution is -2.68. The smallest absolute Gasteiger partial charge is 0.222 e. The summed E-state index contributed by atoms with van der Waals surface area (Å²) in [5.41, 5.74) is 7.66. The van der Waals surface area contributed by atoms with Crippen molar-refractivity contribution in [3.63, 3.8) is 0 Å². The third-order valence-corrected chi connectivity index (χ3v) is 4.23. The van der Waals surface area contributed by atoms with Gasteiger partial charge in [0.25, 0.3) is 0 Å². The molecule has 0 aliphatic heterocycles. The number of rotatable bonds is 1. The van der Waals surface area contributed by atoms with E-state index in [0.29, 0.717) is 0 Å². The molecule has 0 atom stereocenters. The van der Waals surface area contributed by atoms with E-state index in [2.05, 4.69) is 68.4 Å². The van der Waals surface area contributed by atoms with Crippen molar-refractivity contribution in [3.8, 4) is 22.5 Å². The zero-order valence-corrected chi connectivity index (χ0v) is 15.1. The van der Waals surface area contributed by atoms with Crippen LogP contribution in [0.5, 0.6) is 0 Å². The summed E-state index contributed by atoms with van der Waals surface area (Å²) in [6.45, 7) is 4.28. The first-order valence-corrected chi connectivity index (χ1v) is 9.19. The van der Waals surface area contributed by atoms with Crippen molar-refractivity contribution in [2.75, 3.05) is 0 Å². The van der Waals surface area contributed by atoms with Crippen LogP contribution in [0, 0.1) is 24.1 Å². The summed E-state index contributed by atoms with van der Waals surface area (Å²) in [5, 5.41) is 0. The van der Waals surface area contributed by atoms with Gasteiger partial charge in [-0.2, -0.15) is 0 Å². The summed E-state index contributed by atoms with van der Waals surface area (Å²) in [6.07, 6.45) is 0.895. The topological polar surface area (TPSA) is 104 Å². The molecule has 6 heteroatoms. The van der Waals surface area contributed by atoms with E-state index in [1.807, 2.05) is 0 Å². The van der Waals surface area contributed by atoms with Crippen molar-refractivity contribution >= 4 is 0 Å². The molecule has 134 valence electrons. The van der Waals surface area contributed by atoms with E-state index in [1.165, 1.54) is 27.8 Å². The zero-order chi connectivity index (χ0) is 18.9. The van der Waals surface area contributed by atoms with Crippen molar-refractivity contribution in [2.45, 2.75) is 20.3 Å². The molecule has 1 aliphatic rings. The molecule has 4 rings (SSSR count). The predicted molar refractivity (Wildman–Crippen MR) is 86.3 cm³/mol. The molecular formula is C20H17ClO5. The van der Waals surface area contributed by atoms with Crippen molar-refractivity contribution in [1.29, 1.82) is 0 Å². The number of benzene rings is 2. The van der Waals surface area contributed by atoms with E-state index < -0.39 is 10.2 Å². The maximum Gasteiger partial charge on any atom is 0.360 e. The Bertz CT molecular complexity index is 924. The SMILES string of the molecule is Cc1ccc(-c2cc(C)c3c([o+]2)Cc2ccccc2-3)cc1.[O-][Cl+3]([O-])([O-])[O-]. The van der Waals surface area contributed by atoms with Crippen LogP contribution in [0.1, 0.15) is 22.5 Å². The minimum absolute atomic E-state index is 0.895. The Balaban J connectivity index is 0.000000349. The second-order valence-corrected chi connectivity index (χ2v) is 6.93. The zero-order valence-electron chi connectivity index (χ0n) is 14.3. The third kappa shape index (κ3) is 4.27. The average molecular weight is 373 g/mol. The predicted octanol–water partition coefficient (Wildman–Crippen LogP) is 0.660. The van der Waals surface area contributed by atoms with Crippen LogP contribution in [0.15, 0.2) is 59.0 Å². The second kappa shape index (κ2) is 7.15. The van der Waals surface area contributed by atoms with Crippen LogP contribution in [0.2, 0.25) is 0 Å². The van der Waals surface area contributed by atoms with Crippen LogP contribution >= 0.6 is 0 Å². The van der Waals surface area contributed by atoms with Gasteiger partial charge in [-0.05, 0) is 42.7 Å². The number of fused-ring (bicyclic) bond motifs is 3. The van der Waals surface area contributed by atoms with E-state index in [-0.39, 0.29) is 0 Å². The van der Waals surface area contributed by atoms with Crippen molar-refractivity contribution < 1.29 is 33.3 Å². The van der Waals surface area contributed by atoms with E-state index in [9.17, 15) is 0 Å². The van der Waals surface area contributed by atoms with Gasteiger partial charge in [-0.3, -0.25) is 0 Å². The molecule has 0 saturated carbocycles. The van der Waals surface area contributed by atoms with Gasteiger partial charge in [0, 0.05) is 6.07 Å². The summed E-state index contributed by atoms with van der Waals surface area (Å²) in [6, 6.07) is 19.2. The van der Waals surface area contributed by atoms with Gasteiger partial charge in [-0.25, -0.2) is 23.1 Å². The van der Waals surface area contributed by atoms with Crippen molar-refractivity contribution in [2.24, 2.45) is 0 Å².